The fourth-order valence-electron chi connectivity index (χ4n) is 3.34. The monoisotopic (exact) mass is 268 g/mol. The lowest BCUT2D eigenvalue weighted by Crippen LogP contribution is -2.48. The molecule has 19 heavy (non-hydrogen) atoms. The van der Waals surface area contributed by atoms with Gasteiger partial charge in [-0.3, -0.25) is 0 Å². The topological polar surface area (TPSA) is 15.3 Å². The first-order chi connectivity index (χ1) is 8.90. The van der Waals surface area contributed by atoms with Gasteiger partial charge in [0.15, 0.2) is 0 Å². The van der Waals surface area contributed by atoms with Gasteiger partial charge in [-0.2, -0.15) is 0 Å². The van der Waals surface area contributed by atoms with Crippen LogP contribution in [0.3, 0.4) is 0 Å². The molecule has 2 heteroatoms. The summed E-state index contributed by atoms with van der Waals surface area (Å²) in [6.45, 7) is 15.2. The van der Waals surface area contributed by atoms with Gasteiger partial charge in [0.25, 0.3) is 0 Å². The van der Waals surface area contributed by atoms with Gasteiger partial charge >= 0.3 is 0 Å². The van der Waals surface area contributed by atoms with Crippen molar-refractivity contribution in [3.8, 4) is 0 Å². The minimum Gasteiger partial charge on any atom is -0.316 e. The first kappa shape index (κ1) is 17.0. The highest BCUT2D eigenvalue weighted by molar-refractivity contribution is 4.90. The van der Waals surface area contributed by atoms with Crippen molar-refractivity contribution in [2.45, 2.75) is 66.3 Å². The third-order valence-corrected chi connectivity index (χ3v) is 5.33. The van der Waals surface area contributed by atoms with E-state index in [9.17, 15) is 0 Å². The number of nitrogens with one attached hydrogen (secondary N) is 1. The van der Waals surface area contributed by atoms with Crippen LogP contribution in [-0.4, -0.2) is 37.6 Å². The number of hydrogen-bond donors (Lipinski definition) is 1. The quantitative estimate of drug-likeness (QED) is 0.756. The lowest BCUT2D eigenvalue weighted by Gasteiger charge is -2.44. The second kappa shape index (κ2) is 7.64. The van der Waals surface area contributed by atoms with Gasteiger partial charge in [-0.25, -0.2) is 0 Å². The zero-order valence-corrected chi connectivity index (χ0v) is 14.1. The molecule has 1 atom stereocenters. The highest BCUT2D eigenvalue weighted by Crippen LogP contribution is 2.39. The highest BCUT2D eigenvalue weighted by Gasteiger charge is 2.35. The molecule has 0 aromatic heterocycles. The summed E-state index contributed by atoms with van der Waals surface area (Å²) >= 11 is 0. The van der Waals surface area contributed by atoms with Crippen molar-refractivity contribution in [2.24, 2.45) is 17.3 Å². The van der Waals surface area contributed by atoms with E-state index in [1.807, 2.05) is 0 Å². The van der Waals surface area contributed by atoms with Crippen molar-refractivity contribution in [1.29, 1.82) is 0 Å². The van der Waals surface area contributed by atoms with Crippen molar-refractivity contribution >= 4 is 0 Å². The Labute approximate surface area is 121 Å². The minimum absolute atomic E-state index is 0.514. The Balaban J connectivity index is 2.63. The predicted octanol–water partition coefficient (Wildman–Crippen LogP) is 3.77. The molecular weight excluding hydrogens is 232 g/mol. The fraction of sp³-hybridized carbons (Fsp3) is 1.00. The Bertz CT molecular complexity index is 236. The Morgan fingerprint density at radius 3 is 2.26 bits per heavy atom. The van der Waals surface area contributed by atoms with Crippen LogP contribution in [0.15, 0.2) is 0 Å². The first-order valence-electron chi connectivity index (χ1n) is 8.31. The molecular formula is C17H36N2. The van der Waals surface area contributed by atoms with Crippen LogP contribution in [0, 0.1) is 17.3 Å². The number of rotatable bonds is 7. The van der Waals surface area contributed by atoms with Gasteiger partial charge in [-0.15, -0.1) is 0 Å². The lowest BCUT2D eigenvalue weighted by atomic mass is 9.70. The van der Waals surface area contributed by atoms with Crippen molar-refractivity contribution in [2.75, 3.05) is 26.7 Å². The molecule has 2 nitrogen and oxygen atoms in total. The normalized spacial score (nSPS) is 30.0. The Morgan fingerprint density at radius 2 is 1.79 bits per heavy atom. The third-order valence-electron chi connectivity index (χ3n) is 5.33. The van der Waals surface area contributed by atoms with Crippen molar-refractivity contribution in [3.05, 3.63) is 0 Å². The molecule has 1 saturated carbocycles. The molecule has 0 amide bonds. The molecule has 1 aliphatic rings. The first-order valence-corrected chi connectivity index (χ1v) is 8.31. The fourth-order valence-corrected chi connectivity index (χ4v) is 3.34. The Hall–Kier alpha value is -0.0800. The van der Waals surface area contributed by atoms with Gasteiger partial charge in [-0.1, -0.05) is 40.5 Å². The molecule has 1 unspecified atom stereocenters. The lowest BCUT2D eigenvalue weighted by molar-refractivity contribution is 0.0716. The number of hydrogen-bond acceptors (Lipinski definition) is 2. The molecule has 1 aliphatic carbocycles. The second-order valence-corrected chi connectivity index (χ2v) is 7.36. The van der Waals surface area contributed by atoms with Gasteiger partial charge < -0.3 is 10.2 Å². The van der Waals surface area contributed by atoms with E-state index in [0.29, 0.717) is 11.5 Å². The van der Waals surface area contributed by atoms with Crippen LogP contribution < -0.4 is 5.32 Å². The van der Waals surface area contributed by atoms with Crippen molar-refractivity contribution in [1.82, 2.24) is 10.2 Å². The SMILES string of the molecule is CCNCC1(CN(C)C(C)C(C)C)CCC(C)CC1. The van der Waals surface area contributed by atoms with E-state index in [1.165, 1.54) is 38.8 Å². The van der Waals surface area contributed by atoms with E-state index >= 15 is 0 Å². The molecule has 0 aromatic rings. The summed E-state index contributed by atoms with van der Waals surface area (Å²) in [5, 5.41) is 3.62. The van der Waals surface area contributed by atoms with Crippen LogP contribution >= 0.6 is 0 Å². The Morgan fingerprint density at radius 1 is 1.21 bits per heavy atom. The molecule has 114 valence electrons. The smallest absolute Gasteiger partial charge is 0.00871 e. The molecule has 1 rings (SSSR count). The van der Waals surface area contributed by atoms with Gasteiger partial charge in [-0.05, 0) is 50.6 Å². The second-order valence-electron chi connectivity index (χ2n) is 7.36. The molecule has 0 aliphatic heterocycles. The van der Waals surface area contributed by atoms with E-state index in [0.717, 1.165) is 18.4 Å². The van der Waals surface area contributed by atoms with Crippen LogP contribution in [0.2, 0.25) is 0 Å². The zero-order valence-electron chi connectivity index (χ0n) is 14.1. The maximum atomic E-state index is 3.62. The molecule has 0 bridgehead atoms. The molecule has 1 N–H and O–H groups in total. The molecule has 0 spiro atoms. The largest absolute Gasteiger partial charge is 0.316 e. The van der Waals surface area contributed by atoms with E-state index in [-0.39, 0.29) is 0 Å². The maximum absolute atomic E-state index is 3.62. The van der Waals surface area contributed by atoms with E-state index in [1.54, 1.807) is 0 Å². The zero-order chi connectivity index (χ0) is 14.5. The van der Waals surface area contributed by atoms with Gasteiger partial charge in [0, 0.05) is 19.1 Å². The Kier molecular flexibility index (Phi) is 6.82. The van der Waals surface area contributed by atoms with Gasteiger partial charge in [0.05, 0.1) is 0 Å². The molecule has 0 aromatic carbocycles. The van der Waals surface area contributed by atoms with Crippen LogP contribution in [0.5, 0.6) is 0 Å². The summed E-state index contributed by atoms with van der Waals surface area (Å²) in [5.74, 6) is 1.67. The summed E-state index contributed by atoms with van der Waals surface area (Å²) in [6.07, 6.45) is 5.62. The van der Waals surface area contributed by atoms with Gasteiger partial charge in [0.1, 0.15) is 0 Å². The molecule has 0 saturated heterocycles. The van der Waals surface area contributed by atoms with Crippen LogP contribution in [0.4, 0.5) is 0 Å². The third kappa shape index (κ3) is 5.07. The summed E-state index contributed by atoms with van der Waals surface area (Å²) in [4.78, 5) is 2.60. The van der Waals surface area contributed by atoms with Crippen molar-refractivity contribution in [3.63, 3.8) is 0 Å². The van der Waals surface area contributed by atoms with E-state index in [4.69, 9.17) is 0 Å². The molecule has 0 heterocycles. The summed E-state index contributed by atoms with van der Waals surface area (Å²) < 4.78 is 0. The average molecular weight is 268 g/mol. The molecule has 1 fully saturated rings. The maximum Gasteiger partial charge on any atom is 0.00871 e. The summed E-state index contributed by atoms with van der Waals surface area (Å²) in [6, 6.07) is 0.679. The predicted molar refractivity (Wildman–Crippen MR) is 85.5 cm³/mol. The summed E-state index contributed by atoms with van der Waals surface area (Å²) in [5.41, 5.74) is 0.514. The highest BCUT2D eigenvalue weighted by atomic mass is 15.1. The van der Waals surface area contributed by atoms with Gasteiger partial charge in [0.2, 0.25) is 0 Å². The van der Waals surface area contributed by atoms with Crippen LogP contribution in [0.25, 0.3) is 0 Å². The average Bonchev–Trinajstić information content (AvgIpc) is 2.38. The van der Waals surface area contributed by atoms with Crippen LogP contribution in [0.1, 0.15) is 60.3 Å². The summed E-state index contributed by atoms with van der Waals surface area (Å²) in [7, 11) is 2.32. The molecule has 0 radical (unpaired) electrons. The minimum atomic E-state index is 0.514. The standard InChI is InChI=1S/C17H36N2/c1-7-18-12-17(10-8-15(4)9-11-17)13-19(6)16(5)14(2)3/h14-16,18H,7-13H2,1-6H3. The van der Waals surface area contributed by atoms with E-state index < -0.39 is 0 Å². The number of nitrogens with zero attached hydrogens (tertiary/aromatic N) is 1. The van der Waals surface area contributed by atoms with Crippen LogP contribution in [-0.2, 0) is 0 Å². The van der Waals surface area contributed by atoms with E-state index in [2.05, 4.69) is 51.9 Å². The van der Waals surface area contributed by atoms with Crippen molar-refractivity contribution < 1.29 is 0 Å².